The molecule has 88 valence electrons. The molecular formula is C13H20N2O. The van der Waals surface area contributed by atoms with Gasteiger partial charge in [0.2, 0.25) is 0 Å². The van der Waals surface area contributed by atoms with Crippen molar-refractivity contribution in [2.24, 2.45) is 5.92 Å². The molecule has 0 aliphatic heterocycles. The number of aromatic nitrogens is 1. The maximum Gasteiger partial charge on any atom is 0.133 e. The van der Waals surface area contributed by atoms with Gasteiger partial charge >= 0.3 is 0 Å². The first kappa shape index (κ1) is 11.4. The molecule has 3 nitrogen and oxygen atoms in total. The fourth-order valence-electron chi connectivity index (χ4n) is 2.30. The van der Waals surface area contributed by atoms with E-state index in [0.717, 1.165) is 30.5 Å². The monoisotopic (exact) mass is 220 g/mol. The van der Waals surface area contributed by atoms with Gasteiger partial charge in [-0.2, -0.15) is 0 Å². The number of hydrogen-bond acceptors (Lipinski definition) is 3. The van der Waals surface area contributed by atoms with Gasteiger partial charge in [-0.05, 0) is 39.2 Å². The van der Waals surface area contributed by atoms with Crippen LogP contribution in [-0.2, 0) is 6.54 Å². The van der Waals surface area contributed by atoms with Gasteiger partial charge in [-0.25, -0.2) is 0 Å². The third-order valence-corrected chi connectivity index (χ3v) is 3.06. The van der Waals surface area contributed by atoms with Gasteiger partial charge in [0.25, 0.3) is 0 Å². The fourth-order valence-corrected chi connectivity index (χ4v) is 2.30. The lowest BCUT2D eigenvalue weighted by molar-refractivity contribution is 0.251. The van der Waals surface area contributed by atoms with Crippen LogP contribution in [0.1, 0.15) is 30.7 Å². The van der Waals surface area contributed by atoms with E-state index in [0.29, 0.717) is 0 Å². The third kappa shape index (κ3) is 3.20. The molecule has 1 heterocycles. The molecule has 1 aromatic heterocycles. The zero-order valence-corrected chi connectivity index (χ0v) is 10.1. The van der Waals surface area contributed by atoms with E-state index in [-0.39, 0.29) is 0 Å². The lowest BCUT2D eigenvalue weighted by atomic mass is 9.94. The van der Waals surface area contributed by atoms with Crippen LogP contribution in [0.15, 0.2) is 22.7 Å². The fraction of sp³-hybridized carbons (Fsp3) is 0.615. The lowest BCUT2D eigenvalue weighted by Gasteiger charge is -2.23. The predicted molar refractivity (Wildman–Crippen MR) is 64.1 cm³/mol. The molecule has 1 aliphatic rings. The highest BCUT2D eigenvalue weighted by Crippen LogP contribution is 2.19. The van der Waals surface area contributed by atoms with E-state index >= 15 is 0 Å². The molecule has 0 bridgehead atoms. The average molecular weight is 220 g/mol. The summed E-state index contributed by atoms with van der Waals surface area (Å²) in [6.07, 6.45) is 8.38. The molecule has 0 radical (unpaired) electrons. The quantitative estimate of drug-likeness (QED) is 0.731. The van der Waals surface area contributed by atoms with Crippen LogP contribution in [0.25, 0.3) is 0 Å². The second kappa shape index (κ2) is 5.30. The zero-order valence-electron chi connectivity index (χ0n) is 10.1. The van der Waals surface area contributed by atoms with Gasteiger partial charge < -0.3 is 9.42 Å². The first-order chi connectivity index (χ1) is 7.74. The van der Waals surface area contributed by atoms with Crippen molar-refractivity contribution >= 4 is 0 Å². The molecule has 0 aromatic carbocycles. The second-order valence-electron chi connectivity index (χ2n) is 4.78. The molecule has 0 N–H and O–H groups in total. The van der Waals surface area contributed by atoms with Gasteiger partial charge in [-0.15, -0.1) is 0 Å². The molecule has 1 aliphatic carbocycles. The van der Waals surface area contributed by atoms with Crippen LogP contribution < -0.4 is 0 Å². The largest absolute Gasteiger partial charge is 0.361 e. The summed E-state index contributed by atoms with van der Waals surface area (Å²) < 4.78 is 5.07. The number of allylic oxidation sites excluding steroid dienone is 2. The minimum atomic E-state index is 0.808. The van der Waals surface area contributed by atoms with Gasteiger partial charge in [-0.3, -0.25) is 0 Å². The van der Waals surface area contributed by atoms with Crippen molar-refractivity contribution in [3.63, 3.8) is 0 Å². The van der Waals surface area contributed by atoms with Crippen LogP contribution in [0, 0.1) is 12.8 Å². The Kier molecular flexibility index (Phi) is 3.78. The summed E-state index contributed by atoms with van der Waals surface area (Å²) in [6, 6.07) is 2.01. The van der Waals surface area contributed by atoms with Crippen LogP contribution in [0.2, 0.25) is 0 Å². The first-order valence-electron chi connectivity index (χ1n) is 6.00. The van der Waals surface area contributed by atoms with E-state index in [1.165, 1.54) is 19.3 Å². The molecule has 0 spiro atoms. The maximum atomic E-state index is 5.07. The average Bonchev–Trinajstić information content (AvgIpc) is 2.65. The summed E-state index contributed by atoms with van der Waals surface area (Å²) in [5.74, 6) is 1.70. The molecule has 1 aromatic rings. The van der Waals surface area contributed by atoms with Crippen LogP contribution in [0.4, 0.5) is 0 Å². The van der Waals surface area contributed by atoms with Gasteiger partial charge in [-0.1, -0.05) is 17.3 Å². The summed E-state index contributed by atoms with van der Waals surface area (Å²) in [7, 11) is 2.16. The highest BCUT2D eigenvalue weighted by atomic mass is 16.5. The smallest absolute Gasteiger partial charge is 0.133 e. The molecule has 3 heteroatoms. The third-order valence-electron chi connectivity index (χ3n) is 3.06. The number of nitrogens with zero attached hydrogens (tertiary/aromatic N) is 2. The van der Waals surface area contributed by atoms with Crippen LogP contribution in [0.3, 0.4) is 0 Å². The number of hydrogen-bond donors (Lipinski definition) is 0. The van der Waals surface area contributed by atoms with E-state index in [1.807, 2.05) is 13.0 Å². The van der Waals surface area contributed by atoms with Crippen LogP contribution in [-0.4, -0.2) is 23.6 Å². The van der Waals surface area contributed by atoms with E-state index in [2.05, 4.69) is 29.3 Å². The second-order valence-corrected chi connectivity index (χ2v) is 4.78. The van der Waals surface area contributed by atoms with E-state index in [9.17, 15) is 0 Å². The van der Waals surface area contributed by atoms with Gasteiger partial charge in [0.1, 0.15) is 5.76 Å². The summed E-state index contributed by atoms with van der Waals surface area (Å²) in [5, 5.41) is 4.02. The van der Waals surface area contributed by atoms with Gasteiger partial charge in [0.05, 0.1) is 5.69 Å². The summed E-state index contributed by atoms with van der Waals surface area (Å²) in [6.45, 7) is 3.97. The van der Waals surface area contributed by atoms with Gasteiger partial charge in [0, 0.05) is 19.2 Å². The molecule has 1 atom stereocenters. The van der Waals surface area contributed by atoms with Gasteiger partial charge in [0.15, 0.2) is 0 Å². The molecule has 2 rings (SSSR count). The Morgan fingerprint density at radius 2 is 2.38 bits per heavy atom. The topological polar surface area (TPSA) is 29.3 Å². The Balaban J connectivity index is 1.79. The number of aryl methyl sites for hydroxylation is 1. The Hall–Kier alpha value is -1.09. The van der Waals surface area contributed by atoms with Crippen molar-refractivity contribution in [1.82, 2.24) is 10.1 Å². The van der Waals surface area contributed by atoms with Crippen molar-refractivity contribution < 1.29 is 4.52 Å². The van der Waals surface area contributed by atoms with Crippen LogP contribution in [0.5, 0.6) is 0 Å². The van der Waals surface area contributed by atoms with E-state index in [1.54, 1.807) is 0 Å². The first-order valence-corrected chi connectivity index (χ1v) is 6.00. The molecule has 16 heavy (non-hydrogen) atoms. The molecule has 0 amide bonds. The zero-order chi connectivity index (χ0) is 11.4. The van der Waals surface area contributed by atoms with E-state index < -0.39 is 0 Å². The van der Waals surface area contributed by atoms with Crippen molar-refractivity contribution in [3.8, 4) is 0 Å². The maximum absolute atomic E-state index is 5.07. The summed E-state index contributed by atoms with van der Waals surface area (Å²) >= 11 is 0. The molecule has 0 saturated heterocycles. The van der Waals surface area contributed by atoms with Crippen molar-refractivity contribution in [3.05, 3.63) is 29.7 Å². The number of rotatable bonds is 4. The predicted octanol–water partition coefficient (Wildman–Crippen LogP) is 2.77. The Morgan fingerprint density at radius 3 is 3.00 bits per heavy atom. The van der Waals surface area contributed by atoms with Crippen molar-refractivity contribution in [2.45, 2.75) is 32.7 Å². The molecule has 0 saturated carbocycles. The molecule has 0 fully saturated rings. The van der Waals surface area contributed by atoms with Crippen molar-refractivity contribution in [1.29, 1.82) is 0 Å². The Bertz CT molecular complexity index is 357. The molecular weight excluding hydrogens is 200 g/mol. The highest BCUT2D eigenvalue weighted by molar-refractivity contribution is 5.03. The summed E-state index contributed by atoms with van der Waals surface area (Å²) in [4.78, 5) is 2.33. The van der Waals surface area contributed by atoms with Crippen molar-refractivity contribution in [2.75, 3.05) is 13.6 Å². The minimum Gasteiger partial charge on any atom is -0.361 e. The summed E-state index contributed by atoms with van der Waals surface area (Å²) in [5.41, 5.74) is 1.03. The SMILES string of the molecule is Cc1cc(CN(C)C[C@@H]2CC=CCC2)no1. The molecule has 0 unspecified atom stereocenters. The minimum absolute atomic E-state index is 0.808. The normalized spacial score (nSPS) is 20.6. The van der Waals surface area contributed by atoms with E-state index in [4.69, 9.17) is 4.52 Å². The van der Waals surface area contributed by atoms with Crippen LogP contribution >= 0.6 is 0 Å². The highest BCUT2D eigenvalue weighted by Gasteiger charge is 2.13. The lowest BCUT2D eigenvalue weighted by Crippen LogP contribution is -2.26. The Morgan fingerprint density at radius 1 is 1.50 bits per heavy atom. The Labute approximate surface area is 97.1 Å². The standard InChI is InChI=1S/C13H20N2O/c1-11-8-13(14-16-11)10-15(2)9-12-6-4-3-5-7-12/h3-4,8,12H,5-7,9-10H2,1-2H3/t12-/m1/s1.